The molecule has 3 heterocycles. The Morgan fingerprint density at radius 1 is 1.25 bits per heavy atom. The second kappa shape index (κ2) is 5.70. The first-order chi connectivity index (χ1) is 9.70. The number of tetrazole rings is 1. The van der Waals surface area contributed by atoms with E-state index in [0.29, 0.717) is 5.65 Å². The van der Waals surface area contributed by atoms with Crippen LogP contribution in [0.2, 0.25) is 0 Å². The number of piperidine rings is 1. The summed E-state index contributed by atoms with van der Waals surface area (Å²) < 4.78 is 1.44. The lowest BCUT2D eigenvalue weighted by molar-refractivity contribution is 0.146. The van der Waals surface area contributed by atoms with E-state index in [9.17, 15) is 0 Å². The van der Waals surface area contributed by atoms with Crippen molar-refractivity contribution in [2.24, 2.45) is 11.8 Å². The number of rotatable bonds is 4. The second-order valence-electron chi connectivity index (χ2n) is 5.88. The van der Waals surface area contributed by atoms with Gasteiger partial charge in [0.1, 0.15) is 5.82 Å². The van der Waals surface area contributed by atoms with Crippen molar-refractivity contribution < 1.29 is 0 Å². The maximum absolute atomic E-state index is 4.30. The third-order valence-electron chi connectivity index (χ3n) is 3.75. The Balaban J connectivity index is 1.51. The van der Waals surface area contributed by atoms with Gasteiger partial charge in [0.25, 0.3) is 0 Å². The standard InChI is InChI=1S/C13H21N7/c1-10-7-11(2)9-19(8-10)6-5-14-12-3-4-13-15-17-18-20(13)16-12/h3-4,10-11H,5-9H2,1-2H3,(H,14,16)/t10-,11-/m1/s1. The van der Waals surface area contributed by atoms with Crippen molar-refractivity contribution in [1.82, 2.24) is 30.2 Å². The van der Waals surface area contributed by atoms with Crippen LogP contribution >= 0.6 is 0 Å². The monoisotopic (exact) mass is 275 g/mol. The SMILES string of the molecule is C[C@@H]1C[C@@H](C)CN(CCNc2ccc3nnnn3n2)C1. The number of fused-ring (bicyclic) bond motifs is 1. The van der Waals surface area contributed by atoms with Gasteiger partial charge in [-0.25, -0.2) is 0 Å². The Morgan fingerprint density at radius 2 is 2.05 bits per heavy atom. The van der Waals surface area contributed by atoms with E-state index in [-0.39, 0.29) is 0 Å². The number of hydrogen-bond donors (Lipinski definition) is 1. The minimum absolute atomic E-state index is 0.661. The molecule has 0 aromatic carbocycles. The molecule has 1 aliphatic heterocycles. The molecular weight excluding hydrogens is 254 g/mol. The van der Waals surface area contributed by atoms with Crippen LogP contribution in [0.5, 0.6) is 0 Å². The number of likely N-dealkylation sites (tertiary alicyclic amines) is 1. The minimum Gasteiger partial charge on any atom is -0.367 e. The topological polar surface area (TPSA) is 71.2 Å². The average molecular weight is 275 g/mol. The zero-order chi connectivity index (χ0) is 13.9. The van der Waals surface area contributed by atoms with Crippen molar-refractivity contribution in [3.63, 3.8) is 0 Å². The van der Waals surface area contributed by atoms with Crippen molar-refractivity contribution in [2.75, 3.05) is 31.5 Å². The molecular formula is C13H21N7. The van der Waals surface area contributed by atoms with Crippen LogP contribution < -0.4 is 5.32 Å². The second-order valence-corrected chi connectivity index (χ2v) is 5.88. The zero-order valence-electron chi connectivity index (χ0n) is 12.0. The molecule has 7 nitrogen and oxygen atoms in total. The van der Waals surface area contributed by atoms with E-state index in [4.69, 9.17) is 0 Å². The van der Waals surface area contributed by atoms with E-state index in [1.807, 2.05) is 12.1 Å². The van der Waals surface area contributed by atoms with Gasteiger partial charge in [-0.3, -0.25) is 0 Å². The average Bonchev–Trinajstić information content (AvgIpc) is 2.85. The Hall–Kier alpha value is -1.76. The van der Waals surface area contributed by atoms with Crippen molar-refractivity contribution in [3.8, 4) is 0 Å². The van der Waals surface area contributed by atoms with Gasteiger partial charge in [-0.05, 0) is 40.8 Å². The molecule has 108 valence electrons. The number of nitrogens with zero attached hydrogens (tertiary/aromatic N) is 6. The van der Waals surface area contributed by atoms with Gasteiger partial charge in [-0.1, -0.05) is 13.8 Å². The lowest BCUT2D eigenvalue weighted by Crippen LogP contribution is -2.41. The van der Waals surface area contributed by atoms with E-state index < -0.39 is 0 Å². The highest BCUT2D eigenvalue weighted by atomic mass is 15.6. The van der Waals surface area contributed by atoms with Crippen LogP contribution in [0.15, 0.2) is 12.1 Å². The molecule has 1 fully saturated rings. The van der Waals surface area contributed by atoms with Crippen molar-refractivity contribution in [3.05, 3.63) is 12.1 Å². The lowest BCUT2D eigenvalue weighted by atomic mass is 9.92. The molecule has 0 aliphatic carbocycles. The van der Waals surface area contributed by atoms with Gasteiger partial charge in [0.05, 0.1) is 0 Å². The molecule has 1 saturated heterocycles. The molecule has 1 N–H and O–H groups in total. The van der Waals surface area contributed by atoms with Crippen molar-refractivity contribution in [2.45, 2.75) is 20.3 Å². The van der Waals surface area contributed by atoms with Gasteiger partial charge < -0.3 is 10.2 Å². The highest BCUT2D eigenvalue weighted by Crippen LogP contribution is 2.20. The quantitative estimate of drug-likeness (QED) is 0.894. The van der Waals surface area contributed by atoms with E-state index in [1.165, 1.54) is 24.1 Å². The molecule has 2 aromatic heterocycles. The molecule has 0 spiro atoms. The van der Waals surface area contributed by atoms with Crippen LogP contribution in [-0.2, 0) is 0 Å². The summed E-state index contributed by atoms with van der Waals surface area (Å²) in [4.78, 5) is 2.53. The summed E-state index contributed by atoms with van der Waals surface area (Å²) >= 11 is 0. The van der Waals surface area contributed by atoms with E-state index in [2.05, 4.69) is 44.7 Å². The zero-order valence-corrected chi connectivity index (χ0v) is 12.0. The minimum atomic E-state index is 0.661. The fourth-order valence-electron chi connectivity index (χ4n) is 3.06. The molecule has 3 rings (SSSR count). The van der Waals surface area contributed by atoms with Crippen LogP contribution in [0.1, 0.15) is 20.3 Å². The summed E-state index contributed by atoms with van der Waals surface area (Å²) in [5.74, 6) is 2.41. The van der Waals surface area contributed by atoms with Gasteiger partial charge in [0.2, 0.25) is 0 Å². The maximum Gasteiger partial charge on any atom is 0.200 e. The third kappa shape index (κ3) is 3.04. The summed E-state index contributed by atoms with van der Waals surface area (Å²) in [6.45, 7) is 9.01. The van der Waals surface area contributed by atoms with Gasteiger partial charge in [-0.2, -0.15) is 0 Å². The van der Waals surface area contributed by atoms with Gasteiger partial charge in [0, 0.05) is 26.2 Å². The first kappa shape index (κ1) is 13.2. The Kier molecular flexibility index (Phi) is 3.77. The number of anilines is 1. The Bertz CT molecular complexity index is 557. The van der Waals surface area contributed by atoms with E-state index in [0.717, 1.165) is 30.7 Å². The van der Waals surface area contributed by atoms with Crippen LogP contribution in [0.25, 0.3) is 5.65 Å². The Labute approximate surface area is 118 Å². The van der Waals surface area contributed by atoms with Crippen LogP contribution in [-0.4, -0.2) is 56.3 Å². The molecule has 0 saturated carbocycles. The fraction of sp³-hybridized carbons (Fsp3) is 0.692. The first-order valence-corrected chi connectivity index (χ1v) is 7.22. The lowest BCUT2D eigenvalue weighted by Gasteiger charge is -2.34. The summed E-state index contributed by atoms with van der Waals surface area (Å²) in [6.07, 6.45) is 1.35. The van der Waals surface area contributed by atoms with Crippen LogP contribution in [0.3, 0.4) is 0 Å². The highest BCUT2D eigenvalue weighted by Gasteiger charge is 2.21. The molecule has 20 heavy (non-hydrogen) atoms. The van der Waals surface area contributed by atoms with Gasteiger partial charge in [0.15, 0.2) is 5.65 Å². The normalized spacial score (nSPS) is 24.1. The van der Waals surface area contributed by atoms with Gasteiger partial charge >= 0.3 is 0 Å². The summed E-state index contributed by atoms with van der Waals surface area (Å²) in [7, 11) is 0. The molecule has 0 amide bonds. The molecule has 0 unspecified atom stereocenters. The van der Waals surface area contributed by atoms with E-state index in [1.54, 1.807) is 0 Å². The summed E-state index contributed by atoms with van der Waals surface area (Å²) in [5, 5.41) is 18.8. The molecule has 0 bridgehead atoms. The number of hydrogen-bond acceptors (Lipinski definition) is 6. The van der Waals surface area contributed by atoms with Crippen LogP contribution in [0, 0.1) is 11.8 Å². The van der Waals surface area contributed by atoms with E-state index >= 15 is 0 Å². The largest absolute Gasteiger partial charge is 0.367 e. The van der Waals surface area contributed by atoms with Crippen molar-refractivity contribution >= 4 is 11.5 Å². The predicted molar refractivity (Wildman–Crippen MR) is 76.5 cm³/mol. The molecule has 2 atom stereocenters. The molecule has 7 heteroatoms. The predicted octanol–water partition coefficient (Wildman–Crippen LogP) is 0.909. The molecule has 2 aromatic rings. The summed E-state index contributed by atoms with van der Waals surface area (Å²) in [5.41, 5.74) is 0.661. The van der Waals surface area contributed by atoms with Crippen LogP contribution in [0.4, 0.5) is 5.82 Å². The highest BCUT2D eigenvalue weighted by molar-refractivity contribution is 5.41. The smallest absolute Gasteiger partial charge is 0.200 e. The first-order valence-electron chi connectivity index (χ1n) is 7.22. The maximum atomic E-state index is 4.30. The summed E-state index contributed by atoms with van der Waals surface area (Å²) in [6, 6.07) is 3.77. The van der Waals surface area contributed by atoms with Gasteiger partial charge in [-0.15, -0.1) is 14.8 Å². The molecule has 1 aliphatic rings. The number of aromatic nitrogens is 5. The molecule has 0 radical (unpaired) electrons. The Morgan fingerprint density at radius 3 is 2.85 bits per heavy atom. The van der Waals surface area contributed by atoms with Crippen molar-refractivity contribution in [1.29, 1.82) is 0 Å². The fourth-order valence-corrected chi connectivity index (χ4v) is 3.06. The number of nitrogens with one attached hydrogen (secondary N) is 1. The third-order valence-corrected chi connectivity index (χ3v) is 3.75.